The molecule has 1 unspecified atom stereocenters. The Morgan fingerprint density at radius 3 is 2.75 bits per heavy atom. The van der Waals surface area contributed by atoms with Crippen LogP contribution < -0.4 is 5.32 Å². The number of benzene rings is 1. The van der Waals surface area contributed by atoms with Crippen molar-refractivity contribution >= 4 is 51.9 Å². The summed E-state index contributed by atoms with van der Waals surface area (Å²) in [5.41, 5.74) is -0.339. The summed E-state index contributed by atoms with van der Waals surface area (Å²) in [5.74, 6) is -0.875. The third kappa shape index (κ3) is 3.17. The second kappa shape index (κ2) is 5.77. The summed E-state index contributed by atoms with van der Waals surface area (Å²) in [6.45, 7) is 2.28. The Kier molecular flexibility index (Phi) is 4.43. The number of urea groups is 1. The van der Waals surface area contributed by atoms with Gasteiger partial charge in [0.05, 0.1) is 16.1 Å². The molecule has 1 atom stereocenters. The van der Waals surface area contributed by atoms with Gasteiger partial charge in [-0.15, -0.1) is 0 Å². The number of nitrogens with one attached hydrogen (secondary N) is 1. The van der Waals surface area contributed by atoms with E-state index < -0.39 is 11.4 Å². The normalized spacial score (nSPS) is 21.9. The first-order chi connectivity index (χ1) is 9.32. The van der Waals surface area contributed by atoms with Gasteiger partial charge in [0.1, 0.15) is 0 Å². The molecule has 2 amide bonds. The van der Waals surface area contributed by atoms with Gasteiger partial charge in [0.15, 0.2) is 0 Å². The first-order valence-corrected chi connectivity index (χ1v) is 7.52. The molecular weight excluding hydrogens is 395 g/mol. The van der Waals surface area contributed by atoms with Crippen molar-refractivity contribution in [2.45, 2.75) is 13.3 Å². The Morgan fingerprint density at radius 1 is 1.50 bits per heavy atom. The first-order valence-electron chi connectivity index (χ1n) is 6.06. The zero-order chi connectivity index (χ0) is 14.9. The third-order valence-corrected chi connectivity index (χ3v) is 4.43. The Balaban J connectivity index is 2.05. The monoisotopic (exact) mass is 408 g/mol. The summed E-state index contributed by atoms with van der Waals surface area (Å²) in [5, 5.41) is 12.3. The third-order valence-electron chi connectivity index (χ3n) is 3.45. The molecule has 0 aliphatic carbocycles. The van der Waals surface area contributed by atoms with E-state index in [2.05, 4.69) is 27.9 Å². The highest BCUT2D eigenvalue weighted by atomic mass is 127. The molecule has 2 rings (SSSR count). The molecule has 0 bridgehead atoms. The molecule has 5 nitrogen and oxygen atoms in total. The van der Waals surface area contributed by atoms with E-state index in [-0.39, 0.29) is 12.6 Å². The molecule has 1 heterocycles. The maximum absolute atomic E-state index is 12.1. The molecule has 1 aromatic rings. The zero-order valence-electron chi connectivity index (χ0n) is 10.8. The molecule has 108 valence electrons. The standard InChI is InChI=1S/C13H14ClIN2O3/c1-13(11(18)19)4-5-17(7-13)12(20)16-10-3-2-8(15)6-9(10)14/h2-3,6H,4-5,7H2,1H3,(H,16,20)(H,18,19). The van der Waals surface area contributed by atoms with E-state index in [0.29, 0.717) is 23.7 Å². The molecule has 1 fully saturated rings. The fourth-order valence-corrected chi connectivity index (χ4v) is 3.00. The predicted molar refractivity (Wildman–Crippen MR) is 85.1 cm³/mol. The van der Waals surface area contributed by atoms with E-state index in [0.717, 1.165) is 3.57 Å². The van der Waals surface area contributed by atoms with Crippen LogP contribution in [0.3, 0.4) is 0 Å². The van der Waals surface area contributed by atoms with Gasteiger partial charge in [-0.3, -0.25) is 4.79 Å². The Bertz CT molecular complexity index is 567. The molecule has 0 radical (unpaired) electrons. The van der Waals surface area contributed by atoms with Gasteiger partial charge in [-0.2, -0.15) is 0 Å². The van der Waals surface area contributed by atoms with Gasteiger partial charge < -0.3 is 15.3 Å². The lowest BCUT2D eigenvalue weighted by molar-refractivity contribution is -0.146. The van der Waals surface area contributed by atoms with Crippen molar-refractivity contribution in [1.82, 2.24) is 4.90 Å². The van der Waals surface area contributed by atoms with Gasteiger partial charge in [0, 0.05) is 16.7 Å². The average Bonchev–Trinajstić information content (AvgIpc) is 2.77. The zero-order valence-corrected chi connectivity index (χ0v) is 13.7. The van der Waals surface area contributed by atoms with Gasteiger partial charge in [-0.1, -0.05) is 11.6 Å². The lowest BCUT2D eigenvalue weighted by Gasteiger charge is -2.20. The van der Waals surface area contributed by atoms with Crippen molar-refractivity contribution in [3.05, 3.63) is 26.8 Å². The summed E-state index contributed by atoms with van der Waals surface area (Å²) in [6, 6.07) is 5.00. The van der Waals surface area contributed by atoms with E-state index in [1.807, 2.05) is 6.07 Å². The van der Waals surface area contributed by atoms with E-state index in [4.69, 9.17) is 16.7 Å². The van der Waals surface area contributed by atoms with Crippen LogP contribution >= 0.6 is 34.2 Å². The molecule has 20 heavy (non-hydrogen) atoms. The van der Waals surface area contributed by atoms with Crippen LogP contribution in [-0.2, 0) is 4.79 Å². The molecule has 0 spiro atoms. The first kappa shape index (κ1) is 15.4. The summed E-state index contributed by atoms with van der Waals surface area (Å²) in [4.78, 5) is 24.8. The van der Waals surface area contributed by atoms with Gasteiger partial charge in [-0.25, -0.2) is 4.79 Å². The number of anilines is 1. The number of aliphatic carboxylic acids is 1. The van der Waals surface area contributed by atoms with E-state index >= 15 is 0 Å². The highest BCUT2D eigenvalue weighted by Crippen LogP contribution is 2.31. The average molecular weight is 409 g/mol. The molecule has 1 aromatic carbocycles. The van der Waals surface area contributed by atoms with Crippen LogP contribution in [0.1, 0.15) is 13.3 Å². The summed E-state index contributed by atoms with van der Waals surface area (Å²) >= 11 is 8.19. The quantitative estimate of drug-likeness (QED) is 0.738. The lowest BCUT2D eigenvalue weighted by atomic mass is 9.90. The maximum Gasteiger partial charge on any atom is 0.321 e. The number of hydrogen-bond donors (Lipinski definition) is 2. The number of halogens is 2. The number of nitrogens with zero attached hydrogens (tertiary/aromatic N) is 1. The van der Waals surface area contributed by atoms with Crippen molar-refractivity contribution in [3.63, 3.8) is 0 Å². The second-order valence-electron chi connectivity index (χ2n) is 5.09. The molecule has 0 aromatic heterocycles. The topological polar surface area (TPSA) is 69.6 Å². The number of likely N-dealkylation sites (tertiary alicyclic amines) is 1. The fraction of sp³-hybridized carbons (Fsp3) is 0.385. The second-order valence-corrected chi connectivity index (χ2v) is 6.74. The number of carbonyl (C=O) groups is 2. The largest absolute Gasteiger partial charge is 0.481 e. The summed E-state index contributed by atoms with van der Waals surface area (Å²) in [7, 11) is 0. The molecule has 2 N–H and O–H groups in total. The van der Waals surface area contributed by atoms with E-state index in [9.17, 15) is 9.59 Å². The van der Waals surface area contributed by atoms with Gasteiger partial charge in [0.2, 0.25) is 0 Å². The van der Waals surface area contributed by atoms with Crippen molar-refractivity contribution in [1.29, 1.82) is 0 Å². The van der Waals surface area contributed by atoms with Crippen molar-refractivity contribution in [2.75, 3.05) is 18.4 Å². The molecular formula is C13H14ClIN2O3. The summed E-state index contributed by atoms with van der Waals surface area (Å²) in [6.07, 6.45) is 0.455. The van der Waals surface area contributed by atoms with Crippen molar-refractivity contribution < 1.29 is 14.7 Å². The van der Waals surface area contributed by atoms with Crippen LogP contribution in [0.2, 0.25) is 5.02 Å². The Morgan fingerprint density at radius 2 is 2.20 bits per heavy atom. The van der Waals surface area contributed by atoms with Gasteiger partial charge in [-0.05, 0) is 54.1 Å². The predicted octanol–water partition coefficient (Wildman–Crippen LogP) is 3.27. The number of carboxylic acid groups (broad SMARTS) is 1. The van der Waals surface area contributed by atoms with Crippen molar-refractivity contribution in [3.8, 4) is 0 Å². The molecule has 1 aliphatic heterocycles. The minimum absolute atomic E-state index is 0.205. The highest BCUT2D eigenvalue weighted by molar-refractivity contribution is 14.1. The maximum atomic E-state index is 12.1. The van der Waals surface area contributed by atoms with E-state index in [1.54, 1.807) is 19.1 Å². The minimum atomic E-state index is -0.875. The number of rotatable bonds is 2. The number of carboxylic acids is 1. The summed E-state index contributed by atoms with van der Waals surface area (Å²) < 4.78 is 0.977. The van der Waals surface area contributed by atoms with Crippen LogP contribution in [0.15, 0.2) is 18.2 Å². The van der Waals surface area contributed by atoms with Gasteiger partial charge >= 0.3 is 12.0 Å². The van der Waals surface area contributed by atoms with Crippen LogP contribution in [0, 0.1) is 8.99 Å². The smallest absolute Gasteiger partial charge is 0.321 e. The van der Waals surface area contributed by atoms with Crippen LogP contribution in [0.4, 0.5) is 10.5 Å². The van der Waals surface area contributed by atoms with Crippen LogP contribution in [0.25, 0.3) is 0 Å². The number of amides is 2. The van der Waals surface area contributed by atoms with E-state index in [1.165, 1.54) is 4.90 Å². The minimum Gasteiger partial charge on any atom is -0.481 e. The fourth-order valence-electron chi connectivity index (χ4n) is 2.09. The number of hydrogen-bond acceptors (Lipinski definition) is 2. The highest BCUT2D eigenvalue weighted by Gasteiger charge is 2.42. The van der Waals surface area contributed by atoms with Gasteiger partial charge in [0.25, 0.3) is 0 Å². The van der Waals surface area contributed by atoms with Crippen molar-refractivity contribution in [2.24, 2.45) is 5.41 Å². The molecule has 1 saturated heterocycles. The van der Waals surface area contributed by atoms with Crippen LogP contribution in [0.5, 0.6) is 0 Å². The number of carbonyl (C=O) groups excluding carboxylic acids is 1. The molecule has 7 heteroatoms. The Labute approximate surface area is 135 Å². The lowest BCUT2D eigenvalue weighted by Crippen LogP contribution is -2.37. The molecule has 1 aliphatic rings. The van der Waals surface area contributed by atoms with Crippen LogP contribution in [-0.4, -0.2) is 35.1 Å². The SMILES string of the molecule is CC1(C(=O)O)CCN(C(=O)Nc2ccc(I)cc2Cl)C1. The molecule has 0 saturated carbocycles. The Hall–Kier alpha value is -1.02.